The van der Waals surface area contributed by atoms with Crippen molar-refractivity contribution in [3.8, 4) is 5.75 Å². The van der Waals surface area contributed by atoms with E-state index in [9.17, 15) is 0 Å². The summed E-state index contributed by atoms with van der Waals surface area (Å²) in [7, 11) is 0. The molecule has 20 heavy (non-hydrogen) atoms. The summed E-state index contributed by atoms with van der Waals surface area (Å²) in [5, 5.41) is 0. The van der Waals surface area contributed by atoms with Crippen LogP contribution in [-0.4, -0.2) is 15.0 Å². The molecule has 1 aromatic carbocycles. The lowest BCUT2D eigenvalue weighted by Crippen LogP contribution is -2.00. The van der Waals surface area contributed by atoms with Crippen LogP contribution < -0.4 is 4.74 Å². The van der Waals surface area contributed by atoms with Crippen molar-refractivity contribution in [1.82, 2.24) is 15.0 Å². The molecule has 102 valence electrons. The Labute approximate surface area is 117 Å². The van der Waals surface area contributed by atoms with Crippen LogP contribution in [0.5, 0.6) is 5.75 Å². The van der Waals surface area contributed by atoms with Gasteiger partial charge in [0.2, 0.25) is 0 Å². The number of aromatic amines is 1. The predicted octanol–water partition coefficient (Wildman–Crippen LogP) is 3.46. The fraction of sp³-hybridized carbons (Fsp3) is 0.250. The van der Waals surface area contributed by atoms with Crippen LogP contribution in [0.4, 0.5) is 0 Å². The SMILES string of the molecule is Cc1cccc(C)c1OCc1nc2nccc(C)c2[nH]1. The van der Waals surface area contributed by atoms with Crippen molar-refractivity contribution in [2.45, 2.75) is 27.4 Å². The average Bonchev–Trinajstić information content (AvgIpc) is 2.83. The molecular weight excluding hydrogens is 250 g/mol. The molecule has 3 aromatic rings. The summed E-state index contributed by atoms with van der Waals surface area (Å²) in [6, 6.07) is 8.10. The number of benzene rings is 1. The number of pyridine rings is 1. The van der Waals surface area contributed by atoms with Gasteiger partial charge in [0.25, 0.3) is 0 Å². The highest BCUT2D eigenvalue weighted by molar-refractivity contribution is 5.74. The molecule has 0 bridgehead atoms. The zero-order valence-corrected chi connectivity index (χ0v) is 11.9. The minimum Gasteiger partial charge on any atom is -0.485 e. The van der Waals surface area contributed by atoms with Crippen molar-refractivity contribution in [3.05, 3.63) is 53.0 Å². The van der Waals surface area contributed by atoms with E-state index in [2.05, 4.69) is 15.0 Å². The van der Waals surface area contributed by atoms with Gasteiger partial charge < -0.3 is 9.72 Å². The molecule has 0 spiro atoms. The van der Waals surface area contributed by atoms with Gasteiger partial charge in [0.1, 0.15) is 18.2 Å². The van der Waals surface area contributed by atoms with Crippen LogP contribution in [0.2, 0.25) is 0 Å². The average molecular weight is 267 g/mol. The molecule has 2 aromatic heterocycles. The van der Waals surface area contributed by atoms with Crippen molar-refractivity contribution in [3.63, 3.8) is 0 Å². The van der Waals surface area contributed by atoms with E-state index >= 15 is 0 Å². The standard InChI is InChI=1S/C16H17N3O/c1-10-7-8-17-16-14(10)18-13(19-16)9-20-15-11(2)5-4-6-12(15)3/h4-8H,9H2,1-3H3,(H,17,18,19). The summed E-state index contributed by atoms with van der Waals surface area (Å²) in [4.78, 5) is 12.0. The Morgan fingerprint density at radius 3 is 2.50 bits per heavy atom. The number of ether oxygens (including phenoxy) is 1. The minimum atomic E-state index is 0.418. The zero-order chi connectivity index (χ0) is 14.1. The Morgan fingerprint density at radius 2 is 1.80 bits per heavy atom. The number of rotatable bonds is 3. The monoisotopic (exact) mass is 267 g/mol. The third-order valence-corrected chi connectivity index (χ3v) is 3.41. The molecule has 1 N–H and O–H groups in total. The Bertz CT molecular complexity index is 741. The number of imidazole rings is 1. The highest BCUT2D eigenvalue weighted by Gasteiger charge is 2.08. The second-order valence-corrected chi connectivity index (χ2v) is 5.02. The van der Waals surface area contributed by atoms with Gasteiger partial charge in [-0.15, -0.1) is 0 Å². The van der Waals surface area contributed by atoms with Gasteiger partial charge in [-0.3, -0.25) is 0 Å². The van der Waals surface area contributed by atoms with E-state index in [-0.39, 0.29) is 0 Å². The number of hydrogen-bond donors (Lipinski definition) is 1. The molecule has 0 fully saturated rings. The molecule has 4 nitrogen and oxygen atoms in total. The Hall–Kier alpha value is -2.36. The first kappa shape index (κ1) is 12.7. The number of aromatic nitrogens is 3. The van der Waals surface area contributed by atoms with Crippen LogP contribution in [0.3, 0.4) is 0 Å². The highest BCUT2D eigenvalue weighted by atomic mass is 16.5. The van der Waals surface area contributed by atoms with E-state index in [0.717, 1.165) is 39.4 Å². The Morgan fingerprint density at radius 1 is 1.05 bits per heavy atom. The van der Waals surface area contributed by atoms with E-state index in [4.69, 9.17) is 4.74 Å². The normalized spacial score (nSPS) is 10.9. The molecule has 0 aliphatic rings. The fourth-order valence-electron chi connectivity index (χ4n) is 2.32. The van der Waals surface area contributed by atoms with E-state index in [1.54, 1.807) is 6.20 Å². The number of para-hydroxylation sites is 1. The third kappa shape index (κ3) is 2.25. The van der Waals surface area contributed by atoms with Gasteiger partial charge in [-0.05, 0) is 43.5 Å². The summed E-state index contributed by atoms with van der Waals surface area (Å²) >= 11 is 0. The van der Waals surface area contributed by atoms with Crippen molar-refractivity contribution < 1.29 is 4.74 Å². The summed E-state index contributed by atoms with van der Waals surface area (Å²) < 4.78 is 5.90. The molecule has 2 heterocycles. The van der Waals surface area contributed by atoms with Crippen molar-refractivity contribution in [2.24, 2.45) is 0 Å². The molecular formula is C16H17N3O. The Kier molecular flexibility index (Phi) is 3.14. The maximum absolute atomic E-state index is 5.90. The number of aryl methyl sites for hydroxylation is 3. The number of nitrogens with one attached hydrogen (secondary N) is 1. The predicted molar refractivity (Wildman–Crippen MR) is 78.9 cm³/mol. The first-order valence-electron chi connectivity index (χ1n) is 6.64. The second-order valence-electron chi connectivity index (χ2n) is 5.02. The van der Waals surface area contributed by atoms with Gasteiger partial charge >= 0.3 is 0 Å². The molecule has 0 saturated heterocycles. The summed E-state index contributed by atoms with van der Waals surface area (Å²) in [6.07, 6.45) is 1.77. The largest absolute Gasteiger partial charge is 0.485 e. The van der Waals surface area contributed by atoms with Gasteiger partial charge in [-0.1, -0.05) is 18.2 Å². The molecule has 0 amide bonds. The van der Waals surface area contributed by atoms with Gasteiger partial charge in [0.15, 0.2) is 5.65 Å². The van der Waals surface area contributed by atoms with E-state index < -0.39 is 0 Å². The first-order valence-corrected chi connectivity index (χ1v) is 6.64. The quantitative estimate of drug-likeness (QED) is 0.790. The molecule has 3 rings (SSSR count). The maximum Gasteiger partial charge on any atom is 0.178 e. The lowest BCUT2D eigenvalue weighted by Gasteiger charge is -2.10. The van der Waals surface area contributed by atoms with Gasteiger partial charge in [-0.25, -0.2) is 9.97 Å². The van der Waals surface area contributed by atoms with Crippen LogP contribution in [0.25, 0.3) is 11.2 Å². The van der Waals surface area contributed by atoms with Crippen LogP contribution in [0.15, 0.2) is 30.5 Å². The molecule has 0 atom stereocenters. The van der Waals surface area contributed by atoms with E-state index in [1.165, 1.54) is 0 Å². The van der Waals surface area contributed by atoms with Crippen molar-refractivity contribution in [2.75, 3.05) is 0 Å². The molecule has 0 aliphatic heterocycles. The summed E-state index contributed by atoms with van der Waals surface area (Å²) in [5.41, 5.74) is 5.13. The number of hydrogen-bond acceptors (Lipinski definition) is 3. The highest BCUT2D eigenvalue weighted by Crippen LogP contribution is 2.23. The first-order chi connectivity index (χ1) is 9.65. The van der Waals surface area contributed by atoms with Gasteiger partial charge in [0, 0.05) is 6.20 Å². The lowest BCUT2D eigenvalue weighted by molar-refractivity contribution is 0.293. The van der Waals surface area contributed by atoms with Crippen LogP contribution >= 0.6 is 0 Å². The van der Waals surface area contributed by atoms with Crippen LogP contribution in [0, 0.1) is 20.8 Å². The molecule has 0 unspecified atom stereocenters. The van der Waals surface area contributed by atoms with E-state index in [0.29, 0.717) is 6.61 Å². The van der Waals surface area contributed by atoms with Gasteiger partial charge in [0.05, 0.1) is 5.52 Å². The fourth-order valence-corrected chi connectivity index (χ4v) is 2.32. The summed E-state index contributed by atoms with van der Waals surface area (Å²) in [6.45, 7) is 6.55. The number of nitrogens with zero attached hydrogens (tertiary/aromatic N) is 2. The lowest BCUT2D eigenvalue weighted by atomic mass is 10.1. The smallest absolute Gasteiger partial charge is 0.178 e. The van der Waals surface area contributed by atoms with Gasteiger partial charge in [-0.2, -0.15) is 0 Å². The van der Waals surface area contributed by atoms with Crippen LogP contribution in [0.1, 0.15) is 22.5 Å². The molecule has 0 radical (unpaired) electrons. The molecule has 0 saturated carbocycles. The van der Waals surface area contributed by atoms with Crippen molar-refractivity contribution >= 4 is 11.2 Å². The zero-order valence-electron chi connectivity index (χ0n) is 11.9. The van der Waals surface area contributed by atoms with Crippen LogP contribution in [-0.2, 0) is 6.61 Å². The van der Waals surface area contributed by atoms with E-state index in [1.807, 2.05) is 45.0 Å². The summed E-state index contributed by atoms with van der Waals surface area (Å²) in [5.74, 6) is 1.72. The maximum atomic E-state index is 5.90. The number of H-pyrrole nitrogens is 1. The molecule has 4 heteroatoms. The Balaban J connectivity index is 1.85. The molecule has 0 aliphatic carbocycles. The van der Waals surface area contributed by atoms with Crippen molar-refractivity contribution in [1.29, 1.82) is 0 Å². The number of fused-ring (bicyclic) bond motifs is 1. The third-order valence-electron chi connectivity index (χ3n) is 3.41. The topological polar surface area (TPSA) is 50.8 Å². The minimum absolute atomic E-state index is 0.418. The second kappa shape index (κ2) is 4.96.